The van der Waals surface area contributed by atoms with Crippen LogP contribution in [0.25, 0.3) is 11.3 Å². The van der Waals surface area contributed by atoms with Crippen LogP contribution in [-0.4, -0.2) is 12.1 Å². The van der Waals surface area contributed by atoms with Gasteiger partial charge in [0.05, 0.1) is 12.8 Å². The number of nitrogens with zero attached hydrogens (tertiary/aromatic N) is 1. The first-order valence-electron chi connectivity index (χ1n) is 5.76. The fraction of sp³-hybridized carbons (Fsp3) is 0.308. The molecule has 0 fully saturated rings. The largest absolute Gasteiger partial charge is 0.496 e. The Morgan fingerprint density at radius 2 is 2.17 bits per heavy atom. The second kappa shape index (κ2) is 5.37. The number of ether oxygens (including phenoxy) is 1. The van der Waals surface area contributed by atoms with Gasteiger partial charge in [-0.25, -0.2) is 10.8 Å². The summed E-state index contributed by atoms with van der Waals surface area (Å²) in [5, 5.41) is 2.70. The van der Waals surface area contributed by atoms with E-state index < -0.39 is 0 Å². The third kappa shape index (κ3) is 2.47. The molecule has 0 aliphatic carbocycles. The van der Waals surface area contributed by atoms with E-state index in [9.17, 15) is 0 Å². The maximum Gasteiger partial charge on any atom is 0.197 e. The molecule has 0 aliphatic rings. The van der Waals surface area contributed by atoms with Crippen molar-refractivity contribution in [1.82, 2.24) is 4.98 Å². The van der Waals surface area contributed by atoms with Crippen molar-refractivity contribution < 1.29 is 4.74 Å². The fourth-order valence-electron chi connectivity index (χ4n) is 1.82. The third-order valence-electron chi connectivity index (χ3n) is 2.78. The van der Waals surface area contributed by atoms with Crippen molar-refractivity contribution >= 4 is 16.5 Å². The van der Waals surface area contributed by atoms with E-state index in [1.807, 2.05) is 17.5 Å². The average Bonchev–Trinajstić information content (AvgIpc) is 2.86. The van der Waals surface area contributed by atoms with E-state index >= 15 is 0 Å². The number of nitrogens with two attached hydrogens (primary N) is 1. The van der Waals surface area contributed by atoms with E-state index in [-0.39, 0.29) is 0 Å². The van der Waals surface area contributed by atoms with Gasteiger partial charge in [-0.1, -0.05) is 13.8 Å². The molecule has 18 heavy (non-hydrogen) atoms. The predicted molar refractivity (Wildman–Crippen MR) is 76.0 cm³/mol. The van der Waals surface area contributed by atoms with Crippen molar-refractivity contribution in [2.45, 2.75) is 19.8 Å². The van der Waals surface area contributed by atoms with Crippen molar-refractivity contribution in [3.8, 4) is 17.0 Å². The number of aromatic nitrogens is 1. The minimum Gasteiger partial charge on any atom is -0.496 e. The van der Waals surface area contributed by atoms with Gasteiger partial charge >= 0.3 is 0 Å². The molecule has 0 atom stereocenters. The van der Waals surface area contributed by atoms with Crippen molar-refractivity contribution in [3.63, 3.8) is 0 Å². The number of anilines is 1. The van der Waals surface area contributed by atoms with Crippen molar-refractivity contribution in [2.24, 2.45) is 5.84 Å². The Hall–Kier alpha value is -1.59. The van der Waals surface area contributed by atoms with Gasteiger partial charge < -0.3 is 4.74 Å². The zero-order chi connectivity index (χ0) is 13.1. The number of benzene rings is 1. The number of hydrogen-bond acceptors (Lipinski definition) is 5. The topological polar surface area (TPSA) is 60.2 Å². The molecule has 0 aliphatic heterocycles. The monoisotopic (exact) mass is 263 g/mol. The molecule has 0 unspecified atom stereocenters. The van der Waals surface area contributed by atoms with Crippen LogP contribution < -0.4 is 16.0 Å². The predicted octanol–water partition coefficient (Wildman–Crippen LogP) is 3.23. The minimum absolute atomic E-state index is 0.408. The second-order valence-corrected chi connectivity index (χ2v) is 5.15. The summed E-state index contributed by atoms with van der Waals surface area (Å²) in [5.74, 6) is 6.67. The van der Waals surface area contributed by atoms with Gasteiger partial charge in [0.2, 0.25) is 0 Å². The van der Waals surface area contributed by atoms with E-state index in [4.69, 9.17) is 10.6 Å². The van der Waals surface area contributed by atoms with E-state index in [1.54, 1.807) is 7.11 Å². The molecule has 2 rings (SSSR count). The maximum atomic E-state index is 5.37. The highest BCUT2D eigenvalue weighted by Crippen LogP contribution is 2.32. The van der Waals surface area contributed by atoms with Gasteiger partial charge in [0, 0.05) is 10.9 Å². The van der Waals surface area contributed by atoms with Crippen LogP contribution in [-0.2, 0) is 0 Å². The Morgan fingerprint density at radius 3 is 2.72 bits per heavy atom. The van der Waals surface area contributed by atoms with E-state index in [0.29, 0.717) is 11.0 Å². The first-order chi connectivity index (χ1) is 8.65. The van der Waals surface area contributed by atoms with Crippen LogP contribution in [0.5, 0.6) is 5.75 Å². The molecule has 1 aromatic heterocycles. The number of rotatable bonds is 4. The SMILES string of the molecule is COc1ccc(-c2csc(NN)n2)cc1C(C)C. The molecule has 1 aromatic carbocycles. The van der Waals surface area contributed by atoms with Crippen LogP contribution in [0.1, 0.15) is 25.3 Å². The molecule has 0 amide bonds. The van der Waals surface area contributed by atoms with Crippen molar-refractivity contribution in [1.29, 1.82) is 0 Å². The zero-order valence-corrected chi connectivity index (χ0v) is 11.5. The number of hydrogen-bond donors (Lipinski definition) is 2. The van der Waals surface area contributed by atoms with Gasteiger partial charge in [-0.3, -0.25) is 5.43 Å². The average molecular weight is 263 g/mol. The number of nitrogen functional groups attached to an aromatic ring is 1. The Bertz CT molecular complexity index is 537. The molecule has 0 bridgehead atoms. The van der Waals surface area contributed by atoms with Gasteiger partial charge in [0.1, 0.15) is 5.75 Å². The van der Waals surface area contributed by atoms with Gasteiger partial charge in [0.15, 0.2) is 5.13 Å². The number of thiazole rings is 1. The lowest BCUT2D eigenvalue weighted by molar-refractivity contribution is 0.407. The summed E-state index contributed by atoms with van der Waals surface area (Å²) in [6, 6.07) is 6.12. The van der Waals surface area contributed by atoms with Crippen LogP contribution in [0.2, 0.25) is 0 Å². The smallest absolute Gasteiger partial charge is 0.197 e. The molecule has 96 valence electrons. The number of methoxy groups -OCH3 is 1. The molecule has 0 spiro atoms. The Morgan fingerprint density at radius 1 is 1.39 bits per heavy atom. The lowest BCUT2D eigenvalue weighted by Crippen LogP contribution is -2.05. The number of nitrogens with one attached hydrogen (secondary N) is 1. The Kier molecular flexibility index (Phi) is 3.84. The third-order valence-corrected chi connectivity index (χ3v) is 3.55. The summed E-state index contributed by atoms with van der Waals surface area (Å²) >= 11 is 1.49. The summed E-state index contributed by atoms with van der Waals surface area (Å²) < 4.78 is 5.37. The summed E-state index contributed by atoms with van der Waals surface area (Å²) in [5.41, 5.74) is 5.75. The van der Waals surface area contributed by atoms with Gasteiger partial charge in [-0.2, -0.15) is 0 Å². The van der Waals surface area contributed by atoms with Crippen LogP contribution in [0.4, 0.5) is 5.13 Å². The first-order valence-corrected chi connectivity index (χ1v) is 6.64. The summed E-state index contributed by atoms with van der Waals surface area (Å²) in [4.78, 5) is 4.40. The standard InChI is InChI=1S/C13H17N3OS/c1-8(2)10-6-9(4-5-12(10)17-3)11-7-18-13(15-11)16-14/h4-8H,14H2,1-3H3,(H,15,16). The van der Waals surface area contributed by atoms with Crippen LogP contribution in [0, 0.1) is 0 Å². The highest BCUT2D eigenvalue weighted by atomic mass is 32.1. The molecule has 5 heteroatoms. The van der Waals surface area contributed by atoms with Crippen LogP contribution >= 0.6 is 11.3 Å². The molecule has 0 saturated heterocycles. The number of hydrazine groups is 1. The first kappa shape index (κ1) is 12.9. The molecular weight excluding hydrogens is 246 g/mol. The fourth-order valence-corrected chi connectivity index (χ4v) is 2.45. The van der Waals surface area contributed by atoms with E-state index in [1.165, 1.54) is 16.9 Å². The molecule has 3 N–H and O–H groups in total. The van der Waals surface area contributed by atoms with Crippen molar-refractivity contribution in [3.05, 3.63) is 29.1 Å². The Balaban J connectivity index is 2.42. The molecule has 1 heterocycles. The highest BCUT2D eigenvalue weighted by Gasteiger charge is 2.11. The Labute approximate surface area is 111 Å². The summed E-state index contributed by atoms with van der Waals surface area (Å²) in [7, 11) is 1.69. The lowest BCUT2D eigenvalue weighted by Gasteiger charge is -2.12. The molecule has 2 aromatic rings. The molecular formula is C13H17N3OS. The summed E-state index contributed by atoms with van der Waals surface area (Å²) in [6.07, 6.45) is 0. The normalized spacial score (nSPS) is 10.7. The van der Waals surface area contributed by atoms with Crippen LogP contribution in [0.3, 0.4) is 0 Å². The van der Waals surface area contributed by atoms with Gasteiger partial charge in [0.25, 0.3) is 0 Å². The zero-order valence-electron chi connectivity index (χ0n) is 10.7. The van der Waals surface area contributed by atoms with Gasteiger partial charge in [-0.15, -0.1) is 11.3 Å². The van der Waals surface area contributed by atoms with Gasteiger partial charge in [-0.05, 0) is 29.7 Å². The molecule has 4 nitrogen and oxygen atoms in total. The molecule has 0 radical (unpaired) electrons. The minimum atomic E-state index is 0.408. The van der Waals surface area contributed by atoms with Crippen molar-refractivity contribution in [2.75, 3.05) is 12.5 Å². The quantitative estimate of drug-likeness (QED) is 0.657. The lowest BCUT2D eigenvalue weighted by atomic mass is 9.99. The maximum absolute atomic E-state index is 5.37. The second-order valence-electron chi connectivity index (χ2n) is 4.29. The summed E-state index contributed by atoms with van der Waals surface area (Å²) in [6.45, 7) is 4.30. The highest BCUT2D eigenvalue weighted by molar-refractivity contribution is 7.14. The van der Waals surface area contributed by atoms with E-state index in [0.717, 1.165) is 17.0 Å². The van der Waals surface area contributed by atoms with Crippen LogP contribution in [0.15, 0.2) is 23.6 Å². The van der Waals surface area contributed by atoms with E-state index in [2.05, 4.69) is 30.3 Å². The molecule has 0 saturated carbocycles.